The highest BCUT2D eigenvalue weighted by Gasteiger charge is 2.33. The van der Waals surface area contributed by atoms with E-state index >= 15 is 0 Å². The number of hydrogen-bond donors (Lipinski definition) is 1. The summed E-state index contributed by atoms with van der Waals surface area (Å²) >= 11 is 0. The number of aromatic nitrogens is 1. The quantitative estimate of drug-likeness (QED) is 0.409. The number of fused-ring (bicyclic) bond motifs is 5. The molecule has 1 saturated heterocycles. The van der Waals surface area contributed by atoms with Crippen LogP contribution in [0, 0.1) is 0 Å². The van der Waals surface area contributed by atoms with Crippen LogP contribution in [-0.4, -0.2) is 87.7 Å². The van der Waals surface area contributed by atoms with Crippen molar-refractivity contribution < 1.29 is 31.9 Å². The molecule has 1 atom stereocenters. The average Bonchev–Trinajstić information content (AvgIpc) is 3.26. The number of halogens is 1. The molecule has 2 aliphatic heterocycles. The fraction of sp³-hybridized carbons (Fsp3) is 0.455. The summed E-state index contributed by atoms with van der Waals surface area (Å²) in [6.45, 7) is 0.321. The Kier molecular flexibility index (Phi) is 8.73. The van der Waals surface area contributed by atoms with Gasteiger partial charge in [0.25, 0.3) is 11.8 Å². The van der Waals surface area contributed by atoms with Gasteiger partial charge in [0.1, 0.15) is 18.5 Å². The van der Waals surface area contributed by atoms with Crippen molar-refractivity contribution in [2.45, 2.75) is 50.7 Å². The SMILES string of the molecule is COc1ccc2c(c1)C=C(C(=O)N1CCOC(CF)C1)Cn1c-2c(C2CCCCC2)c2ccc(C(=O)NS(=O)(=O)N(C)C)cc21. The van der Waals surface area contributed by atoms with Crippen molar-refractivity contribution in [2.24, 2.45) is 0 Å². The van der Waals surface area contributed by atoms with Gasteiger partial charge in [0.15, 0.2) is 0 Å². The van der Waals surface area contributed by atoms with Crippen molar-refractivity contribution in [1.82, 2.24) is 18.5 Å². The van der Waals surface area contributed by atoms with Gasteiger partial charge in [-0.3, -0.25) is 9.59 Å². The van der Waals surface area contributed by atoms with Gasteiger partial charge in [0.2, 0.25) is 0 Å². The average molecular weight is 639 g/mol. The molecule has 1 N–H and O–H groups in total. The molecule has 240 valence electrons. The van der Waals surface area contributed by atoms with Crippen LogP contribution in [0.4, 0.5) is 4.39 Å². The number of nitrogens with zero attached hydrogens (tertiary/aromatic N) is 3. The second kappa shape index (κ2) is 12.6. The Morgan fingerprint density at radius 3 is 2.60 bits per heavy atom. The summed E-state index contributed by atoms with van der Waals surface area (Å²) in [5.41, 5.74) is 5.39. The first-order valence-corrected chi connectivity index (χ1v) is 16.8. The van der Waals surface area contributed by atoms with E-state index in [2.05, 4.69) is 9.29 Å². The summed E-state index contributed by atoms with van der Waals surface area (Å²) in [6, 6.07) is 11.1. The minimum Gasteiger partial charge on any atom is -0.497 e. The molecular weight excluding hydrogens is 599 g/mol. The molecule has 45 heavy (non-hydrogen) atoms. The minimum absolute atomic E-state index is 0.162. The highest BCUT2D eigenvalue weighted by molar-refractivity contribution is 7.87. The molecule has 2 amide bonds. The van der Waals surface area contributed by atoms with Gasteiger partial charge in [-0.15, -0.1) is 0 Å². The Bertz CT molecular complexity index is 1780. The molecule has 10 nitrogen and oxygen atoms in total. The number of ether oxygens (including phenoxy) is 2. The molecule has 1 aliphatic carbocycles. The third-order valence-electron chi connectivity index (χ3n) is 9.13. The summed E-state index contributed by atoms with van der Waals surface area (Å²) in [4.78, 5) is 28.9. The third kappa shape index (κ3) is 5.98. The standard InChI is InChI=1S/C33H39FN4O6S/c1-36(2)45(41,42)35-32(39)22-9-11-28-29(17-22)38-19-24(33(40)37-13-14-44-26(18-34)20-37)15-23-16-25(43-3)10-12-27(23)31(38)30(28)21-7-5-4-6-8-21/h9-12,15-17,21,26H,4-8,13-14,18-20H2,1-3H3,(H,35,39). The number of amides is 2. The monoisotopic (exact) mass is 638 g/mol. The molecule has 0 spiro atoms. The van der Waals surface area contributed by atoms with Crippen LogP contribution in [0.15, 0.2) is 42.0 Å². The van der Waals surface area contributed by atoms with Crippen LogP contribution in [0.5, 0.6) is 5.75 Å². The van der Waals surface area contributed by atoms with E-state index in [1.807, 2.05) is 30.3 Å². The van der Waals surface area contributed by atoms with E-state index in [-0.39, 0.29) is 37.1 Å². The lowest BCUT2D eigenvalue weighted by molar-refractivity contribution is -0.135. The molecule has 2 fully saturated rings. The summed E-state index contributed by atoms with van der Waals surface area (Å²) in [7, 11) is 0.305. The van der Waals surface area contributed by atoms with Gasteiger partial charge in [-0.05, 0) is 66.3 Å². The van der Waals surface area contributed by atoms with Gasteiger partial charge in [-0.25, -0.2) is 9.11 Å². The lowest BCUT2D eigenvalue weighted by Crippen LogP contribution is -2.47. The maximum absolute atomic E-state index is 14.1. The van der Waals surface area contributed by atoms with Crippen LogP contribution in [0.25, 0.3) is 28.2 Å². The summed E-state index contributed by atoms with van der Waals surface area (Å²) in [5.74, 6) is -0.00415. The molecule has 1 aromatic heterocycles. The predicted molar refractivity (Wildman–Crippen MR) is 170 cm³/mol. The topological polar surface area (TPSA) is 110 Å². The van der Waals surface area contributed by atoms with E-state index in [9.17, 15) is 22.4 Å². The molecule has 3 heterocycles. The van der Waals surface area contributed by atoms with E-state index in [0.29, 0.717) is 17.9 Å². The number of nitrogens with one attached hydrogen (secondary N) is 1. The molecule has 2 aromatic carbocycles. The molecule has 1 unspecified atom stereocenters. The fourth-order valence-corrected chi connectivity index (χ4v) is 7.31. The van der Waals surface area contributed by atoms with Gasteiger partial charge in [0.05, 0.1) is 26.0 Å². The largest absolute Gasteiger partial charge is 0.497 e. The van der Waals surface area contributed by atoms with Crippen LogP contribution in [-0.2, 0) is 26.3 Å². The van der Waals surface area contributed by atoms with E-state index < -0.39 is 28.9 Å². The summed E-state index contributed by atoms with van der Waals surface area (Å²) < 4.78 is 54.7. The summed E-state index contributed by atoms with van der Waals surface area (Å²) in [5, 5.41) is 0.975. The van der Waals surface area contributed by atoms with Crippen LogP contribution >= 0.6 is 0 Å². The maximum atomic E-state index is 14.1. The van der Waals surface area contributed by atoms with Crippen LogP contribution in [0.1, 0.15) is 59.5 Å². The number of benzene rings is 2. The molecule has 0 radical (unpaired) electrons. The first kappa shape index (κ1) is 31.3. The first-order valence-electron chi connectivity index (χ1n) is 15.4. The second-order valence-electron chi connectivity index (χ2n) is 12.2. The lowest BCUT2D eigenvalue weighted by Gasteiger charge is -2.32. The van der Waals surface area contributed by atoms with Crippen molar-refractivity contribution in [2.75, 3.05) is 47.6 Å². The zero-order valence-electron chi connectivity index (χ0n) is 25.8. The van der Waals surface area contributed by atoms with Gasteiger partial charge in [-0.1, -0.05) is 25.3 Å². The molecule has 12 heteroatoms. The lowest BCUT2D eigenvalue weighted by atomic mass is 9.81. The van der Waals surface area contributed by atoms with Crippen LogP contribution in [0.3, 0.4) is 0 Å². The minimum atomic E-state index is -4.00. The number of hydrogen-bond acceptors (Lipinski definition) is 6. The highest BCUT2D eigenvalue weighted by atomic mass is 32.2. The molecule has 3 aromatic rings. The van der Waals surface area contributed by atoms with E-state index in [0.717, 1.165) is 57.7 Å². The normalized spacial score (nSPS) is 19.1. The Morgan fingerprint density at radius 1 is 1.11 bits per heavy atom. The third-order valence-corrected chi connectivity index (χ3v) is 10.5. The molecular formula is C33H39FN4O6S. The predicted octanol–water partition coefficient (Wildman–Crippen LogP) is 4.49. The second-order valence-corrected chi connectivity index (χ2v) is 14.0. The van der Waals surface area contributed by atoms with Crippen LogP contribution in [0.2, 0.25) is 0 Å². The van der Waals surface area contributed by atoms with E-state index in [4.69, 9.17) is 9.47 Å². The first-order chi connectivity index (χ1) is 21.6. The fourth-order valence-electron chi connectivity index (χ4n) is 6.78. The van der Waals surface area contributed by atoms with E-state index in [1.54, 1.807) is 24.1 Å². The number of alkyl halides is 1. The molecule has 0 bridgehead atoms. The molecule has 6 rings (SSSR count). The Balaban J connectivity index is 1.54. The zero-order chi connectivity index (χ0) is 31.9. The number of rotatable bonds is 7. The van der Waals surface area contributed by atoms with Crippen molar-refractivity contribution in [3.8, 4) is 17.0 Å². The number of carbonyl (C=O) groups is 2. The van der Waals surface area contributed by atoms with Crippen molar-refractivity contribution >= 4 is 39.0 Å². The number of methoxy groups -OCH3 is 1. The Labute approximate surface area is 262 Å². The highest BCUT2D eigenvalue weighted by Crippen LogP contribution is 2.47. The Morgan fingerprint density at radius 2 is 1.89 bits per heavy atom. The number of morpholine rings is 1. The van der Waals surface area contributed by atoms with Crippen molar-refractivity contribution in [3.63, 3.8) is 0 Å². The van der Waals surface area contributed by atoms with Gasteiger partial charge >= 0.3 is 10.2 Å². The van der Waals surface area contributed by atoms with Crippen LogP contribution < -0.4 is 9.46 Å². The van der Waals surface area contributed by atoms with Crippen molar-refractivity contribution in [1.29, 1.82) is 0 Å². The number of carbonyl (C=O) groups excluding carboxylic acids is 2. The summed E-state index contributed by atoms with van der Waals surface area (Å²) in [6.07, 6.45) is 6.69. The molecule has 3 aliphatic rings. The molecule has 1 saturated carbocycles. The van der Waals surface area contributed by atoms with Gasteiger partial charge in [0, 0.05) is 54.8 Å². The van der Waals surface area contributed by atoms with Crippen molar-refractivity contribution in [3.05, 3.63) is 58.7 Å². The zero-order valence-corrected chi connectivity index (χ0v) is 26.7. The maximum Gasteiger partial charge on any atom is 0.303 e. The Hall–Kier alpha value is -3.74. The van der Waals surface area contributed by atoms with Gasteiger partial charge in [-0.2, -0.15) is 12.7 Å². The van der Waals surface area contributed by atoms with E-state index in [1.165, 1.54) is 26.1 Å². The van der Waals surface area contributed by atoms with Gasteiger partial charge < -0.3 is 18.9 Å². The smallest absolute Gasteiger partial charge is 0.303 e.